The first-order chi connectivity index (χ1) is 10.7. The Balaban J connectivity index is 0.00000192. The van der Waals surface area contributed by atoms with E-state index in [2.05, 4.69) is 39.2 Å². The maximum Gasteiger partial charge on any atom is 0.193 e. The molecule has 2 fully saturated rings. The molecule has 0 aromatic heterocycles. The van der Waals surface area contributed by atoms with Crippen LogP contribution in [0.15, 0.2) is 29.3 Å². The zero-order chi connectivity index (χ0) is 15.5. The average molecular weight is 430 g/mol. The molecule has 0 spiro atoms. The minimum absolute atomic E-state index is 0. The molecule has 1 heterocycles. The van der Waals surface area contributed by atoms with Gasteiger partial charge >= 0.3 is 0 Å². The Morgan fingerprint density at radius 1 is 1.22 bits per heavy atom. The number of ether oxygens (including phenoxy) is 1. The summed E-state index contributed by atoms with van der Waals surface area (Å²) < 4.78 is 5.48. The highest BCUT2D eigenvalue weighted by Gasteiger charge is 2.34. The molecule has 0 radical (unpaired) electrons. The van der Waals surface area contributed by atoms with Gasteiger partial charge in [-0.2, -0.15) is 0 Å². The molecule has 1 aromatic rings. The number of piperazine rings is 1. The Kier molecular flexibility index (Phi) is 6.38. The van der Waals surface area contributed by atoms with Crippen LogP contribution in [0.3, 0.4) is 0 Å². The number of anilines is 1. The first kappa shape index (κ1) is 18.2. The summed E-state index contributed by atoms with van der Waals surface area (Å²) in [5.74, 6) is 2.78. The van der Waals surface area contributed by atoms with Crippen LogP contribution in [0.2, 0.25) is 0 Å². The van der Waals surface area contributed by atoms with Crippen molar-refractivity contribution in [3.05, 3.63) is 24.3 Å². The van der Waals surface area contributed by atoms with Crippen LogP contribution in [-0.2, 0) is 0 Å². The first-order valence-electron chi connectivity index (χ1n) is 8.09. The predicted molar refractivity (Wildman–Crippen MR) is 106 cm³/mol. The van der Waals surface area contributed by atoms with Gasteiger partial charge in [0.1, 0.15) is 5.75 Å². The molecule has 2 atom stereocenters. The molecule has 1 saturated carbocycles. The number of hydrogen-bond donors (Lipinski definition) is 1. The lowest BCUT2D eigenvalue weighted by Crippen LogP contribution is -2.53. The Bertz CT molecular complexity index is 543. The van der Waals surface area contributed by atoms with Crippen LogP contribution in [0, 0.1) is 5.92 Å². The minimum atomic E-state index is 0. The van der Waals surface area contributed by atoms with E-state index in [1.165, 1.54) is 12.1 Å². The molecule has 1 saturated heterocycles. The van der Waals surface area contributed by atoms with Gasteiger partial charge in [-0.1, -0.05) is 19.1 Å². The van der Waals surface area contributed by atoms with Crippen molar-refractivity contribution >= 4 is 35.6 Å². The van der Waals surface area contributed by atoms with Crippen LogP contribution >= 0.6 is 24.0 Å². The predicted octanol–water partition coefficient (Wildman–Crippen LogP) is 2.42. The number of nitrogens with one attached hydrogen (secondary N) is 1. The Labute approximate surface area is 156 Å². The number of para-hydroxylation sites is 2. The minimum Gasteiger partial charge on any atom is -0.495 e. The Morgan fingerprint density at radius 3 is 2.43 bits per heavy atom. The SMILES string of the molecule is CN=C(NC1CC1C)N1CCN(c2ccccc2OC)CC1.I. The average Bonchev–Trinajstić information content (AvgIpc) is 3.28. The second-order valence-corrected chi connectivity index (χ2v) is 6.16. The van der Waals surface area contributed by atoms with Crippen molar-refractivity contribution in [2.45, 2.75) is 19.4 Å². The molecule has 3 rings (SSSR count). The van der Waals surface area contributed by atoms with Crippen molar-refractivity contribution in [1.82, 2.24) is 10.2 Å². The fraction of sp³-hybridized carbons (Fsp3) is 0.588. The normalized spacial score (nSPS) is 24.0. The van der Waals surface area contributed by atoms with Crippen molar-refractivity contribution < 1.29 is 4.74 Å². The fourth-order valence-electron chi connectivity index (χ4n) is 3.04. The van der Waals surface area contributed by atoms with E-state index >= 15 is 0 Å². The van der Waals surface area contributed by atoms with Crippen LogP contribution in [0.5, 0.6) is 5.75 Å². The van der Waals surface area contributed by atoms with Gasteiger partial charge in [-0.3, -0.25) is 4.99 Å². The molecule has 2 aliphatic rings. The van der Waals surface area contributed by atoms with Crippen LogP contribution in [0.25, 0.3) is 0 Å². The van der Waals surface area contributed by atoms with E-state index in [1.54, 1.807) is 7.11 Å². The first-order valence-corrected chi connectivity index (χ1v) is 8.09. The molecule has 23 heavy (non-hydrogen) atoms. The van der Waals surface area contributed by atoms with Crippen LogP contribution in [0.1, 0.15) is 13.3 Å². The summed E-state index contributed by atoms with van der Waals surface area (Å²) >= 11 is 0. The molecule has 6 heteroatoms. The summed E-state index contributed by atoms with van der Waals surface area (Å²) in [5.41, 5.74) is 1.18. The molecule has 5 nitrogen and oxygen atoms in total. The molecule has 1 aliphatic carbocycles. The molecule has 1 N–H and O–H groups in total. The van der Waals surface area contributed by atoms with E-state index in [1.807, 2.05) is 19.2 Å². The molecular formula is C17H27IN4O. The van der Waals surface area contributed by atoms with Crippen molar-refractivity contribution in [2.75, 3.05) is 45.2 Å². The van der Waals surface area contributed by atoms with Gasteiger partial charge in [-0.25, -0.2) is 0 Å². The molecule has 2 unspecified atom stereocenters. The Hall–Kier alpha value is -1.18. The number of hydrogen-bond acceptors (Lipinski definition) is 3. The second-order valence-electron chi connectivity index (χ2n) is 6.16. The molecule has 0 amide bonds. The van der Waals surface area contributed by atoms with Crippen molar-refractivity contribution in [3.8, 4) is 5.75 Å². The van der Waals surface area contributed by atoms with Gasteiger partial charge in [0, 0.05) is 39.3 Å². The van der Waals surface area contributed by atoms with Gasteiger partial charge < -0.3 is 19.9 Å². The number of nitrogens with zero attached hydrogens (tertiary/aromatic N) is 3. The topological polar surface area (TPSA) is 40.1 Å². The standard InChI is InChI=1S/C17H26N4O.HI/c1-13-12-14(13)19-17(18-2)21-10-8-20(9-11-21)15-6-4-5-7-16(15)22-3;/h4-7,13-14H,8-12H2,1-3H3,(H,18,19);1H. The van der Waals surface area contributed by atoms with E-state index in [0.29, 0.717) is 6.04 Å². The van der Waals surface area contributed by atoms with Gasteiger partial charge in [0.15, 0.2) is 5.96 Å². The molecule has 0 bridgehead atoms. The van der Waals surface area contributed by atoms with Crippen LogP contribution in [-0.4, -0.2) is 57.2 Å². The largest absolute Gasteiger partial charge is 0.495 e. The summed E-state index contributed by atoms with van der Waals surface area (Å²) in [6.07, 6.45) is 1.26. The zero-order valence-electron chi connectivity index (χ0n) is 14.2. The van der Waals surface area contributed by atoms with Gasteiger partial charge in [0.2, 0.25) is 0 Å². The fourth-order valence-corrected chi connectivity index (χ4v) is 3.04. The highest BCUT2D eigenvalue weighted by atomic mass is 127. The third-order valence-electron chi connectivity index (χ3n) is 4.64. The number of methoxy groups -OCH3 is 1. The van der Waals surface area contributed by atoms with Gasteiger partial charge in [-0.15, -0.1) is 24.0 Å². The molecular weight excluding hydrogens is 403 g/mol. The lowest BCUT2D eigenvalue weighted by atomic mass is 10.2. The maximum atomic E-state index is 5.48. The summed E-state index contributed by atoms with van der Waals surface area (Å²) in [7, 11) is 3.61. The van der Waals surface area contributed by atoms with E-state index < -0.39 is 0 Å². The monoisotopic (exact) mass is 430 g/mol. The highest BCUT2D eigenvalue weighted by molar-refractivity contribution is 14.0. The molecule has 1 aromatic carbocycles. The van der Waals surface area contributed by atoms with E-state index in [4.69, 9.17) is 4.74 Å². The van der Waals surface area contributed by atoms with Gasteiger partial charge in [0.05, 0.1) is 12.8 Å². The highest BCUT2D eigenvalue weighted by Crippen LogP contribution is 2.30. The van der Waals surface area contributed by atoms with Crippen molar-refractivity contribution in [1.29, 1.82) is 0 Å². The van der Waals surface area contributed by atoms with E-state index in [9.17, 15) is 0 Å². The number of rotatable bonds is 3. The van der Waals surface area contributed by atoms with Gasteiger partial charge in [-0.05, 0) is 24.5 Å². The Morgan fingerprint density at radius 2 is 1.87 bits per heavy atom. The summed E-state index contributed by atoms with van der Waals surface area (Å²) in [5, 5.41) is 3.57. The second kappa shape index (κ2) is 8.08. The lowest BCUT2D eigenvalue weighted by molar-refractivity contribution is 0.366. The third-order valence-corrected chi connectivity index (χ3v) is 4.64. The summed E-state index contributed by atoms with van der Waals surface area (Å²) in [6, 6.07) is 8.86. The lowest BCUT2D eigenvalue weighted by Gasteiger charge is -2.38. The van der Waals surface area contributed by atoms with Crippen LogP contribution in [0.4, 0.5) is 5.69 Å². The number of aliphatic imine (C=N–C) groups is 1. The number of benzene rings is 1. The maximum absolute atomic E-state index is 5.48. The smallest absolute Gasteiger partial charge is 0.193 e. The van der Waals surface area contributed by atoms with Crippen molar-refractivity contribution in [2.24, 2.45) is 10.9 Å². The number of halogens is 1. The van der Waals surface area contributed by atoms with E-state index in [-0.39, 0.29) is 24.0 Å². The third kappa shape index (κ3) is 4.22. The summed E-state index contributed by atoms with van der Waals surface area (Å²) in [6.45, 7) is 6.23. The van der Waals surface area contributed by atoms with E-state index in [0.717, 1.165) is 43.8 Å². The van der Waals surface area contributed by atoms with Gasteiger partial charge in [0.25, 0.3) is 0 Å². The van der Waals surface area contributed by atoms with Crippen molar-refractivity contribution in [3.63, 3.8) is 0 Å². The quantitative estimate of drug-likeness (QED) is 0.455. The molecule has 128 valence electrons. The zero-order valence-corrected chi connectivity index (χ0v) is 16.5. The molecule has 1 aliphatic heterocycles. The van der Waals surface area contributed by atoms with Crippen LogP contribution < -0.4 is 15.0 Å². The summed E-state index contributed by atoms with van der Waals surface area (Å²) in [4.78, 5) is 9.20. The number of guanidine groups is 1.